The van der Waals surface area contributed by atoms with Gasteiger partial charge in [0.2, 0.25) is 5.91 Å². The third-order valence-corrected chi connectivity index (χ3v) is 7.08. The van der Waals surface area contributed by atoms with Crippen molar-refractivity contribution in [1.29, 1.82) is 0 Å². The first kappa shape index (κ1) is 30.6. The standard InChI is InChI=1S/C34H36N4O5/c1-24-10-7-8-14-29(24)35-34(42)36-30-16-15-28(22-32(30)43-3)38(25(2)39)21-18-26-11-9-19-37(20-17-26)31(23-33(40)41)27-12-5-4-6-13-27/h4-17,19-20,22,31H,18,21,23H2,1-3H3,(H,40,41)(H2,35,36,42). The summed E-state index contributed by atoms with van der Waals surface area (Å²) in [5.74, 6) is -0.601. The molecule has 0 aliphatic carbocycles. The first-order chi connectivity index (χ1) is 20.7. The molecule has 0 saturated heterocycles. The summed E-state index contributed by atoms with van der Waals surface area (Å²) >= 11 is 0. The molecule has 0 aromatic heterocycles. The van der Waals surface area contributed by atoms with Gasteiger partial charge in [0.05, 0.1) is 25.3 Å². The van der Waals surface area contributed by atoms with Crippen LogP contribution in [0.25, 0.3) is 0 Å². The highest BCUT2D eigenvalue weighted by atomic mass is 16.5. The minimum absolute atomic E-state index is 0.0492. The predicted octanol–water partition coefficient (Wildman–Crippen LogP) is 6.88. The van der Waals surface area contributed by atoms with Crippen molar-refractivity contribution in [3.63, 3.8) is 0 Å². The fourth-order valence-corrected chi connectivity index (χ4v) is 4.81. The van der Waals surface area contributed by atoms with Crippen molar-refractivity contribution < 1.29 is 24.2 Å². The highest BCUT2D eigenvalue weighted by molar-refractivity contribution is 6.01. The van der Waals surface area contributed by atoms with Crippen LogP contribution in [0.5, 0.6) is 5.75 Å². The molecular formula is C34H36N4O5. The third kappa shape index (κ3) is 8.36. The maximum Gasteiger partial charge on any atom is 0.323 e. The van der Waals surface area contributed by atoms with Crippen LogP contribution in [-0.2, 0) is 9.59 Å². The minimum atomic E-state index is -0.881. The second-order valence-electron chi connectivity index (χ2n) is 10.1. The van der Waals surface area contributed by atoms with E-state index in [1.165, 1.54) is 14.0 Å². The molecule has 1 aliphatic rings. The van der Waals surface area contributed by atoms with Gasteiger partial charge in [-0.3, -0.25) is 9.59 Å². The van der Waals surface area contributed by atoms with Gasteiger partial charge in [0.15, 0.2) is 0 Å². The molecule has 1 atom stereocenters. The maximum absolute atomic E-state index is 12.7. The molecule has 0 bridgehead atoms. The summed E-state index contributed by atoms with van der Waals surface area (Å²) < 4.78 is 5.54. The first-order valence-electron chi connectivity index (χ1n) is 13.9. The first-order valence-corrected chi connectivity index (χ1v) is 13.9. The Bertz CT molecular complexity index is 1550. The third-order valence-electron chi connectivity index (χ3n) is 7.08. The van der Waals surface area contributed by atoms with E-state index in [4.69, 9.17) is 4.74 Å². The van der Waals surface area contributed by atoms with E-state index in [0.717, 1.165) is 16.7 Å². The van der Waals surface area contributed by atoms with Crippen LogP contribution in [0.4, 0.5) is 21.9 Å². The number of nitrogens with one attached hydrogen (secondary N) is 2. The van der Waals surface area contributed by atoms with Gasteiger partial charge in [0.1, 0.15) is 5.75 Å². The Morgan fingerprint density at radius 2 is 1.67 bits per heavy atom. The van der Waals surface area contributed by atoms with Crippen LogP contribution >= 0.6 is 0 Å². The number of aliphatic carboxylic acids is 1. The number of urea groups is 1. The fraction of sp³-hybridized carbons (Fsp3) is 0.206. The van der Waals surface area contributed by atoms with Gasteiger partial charge in [-0.15, -0.1) is 0 Å². The van der Waals surface area contributed by atoms with Crippen molar-refractivity contribution in [2.24, 2.45) is 0 Å². The Morgan fingerprint density at radius 3 is 2.37 bits per heavy atom. The molecule has 3 amide bonds. The number of nitrogens with zero attached hydrogens (tertiary/aromatic N) is 2. The number of hydrogen-bond acceptors (Lipinski definition) is 5. The van der Waals surface area contributed by atoms with Crippen molar-refractivity contribution in [1.82, 2.24) is 4.90 Å². The van der Waals surface area contributed by atoms with Crippen molar-refractivity contribution in [2.75, 3.05) is 29.2 Å². The Morgan fingerprint density at radius 1 is 0.953 bits per heavy atom. The molecule has 0 spiro atoms. The zero-order valence-electron chi connectivity index (χ0n) is 24.5. The molecule has 222 valence electrons. The summed E-state index contributed by atoms with van der Waals surface area (Å²) in [5, 5.41) is 15.2. The van der Waals surface area contributed by atoms with Gasteiger partial charge in [-0.2, -0.15) is 0 Å². The van der Waals surface area contributed by atoms with Gasteiger partial charge in [-0.1, -0.05) is 54.6 Å². The van der Waals surface area contributed by atoms with Gasteiger partial charge in [-0.05, 0) is 60.4 Å². The lowest BCUT2D eigenvalue weighted by atomic mass is 10.0. The molecular weight excluding hydrogens is 544 g/mol. The fourth-order valence-electron chi connectivity index (χ4n) is 4.81. The van der Waals surface area contributed by atoms with Crippen LogP contribution in [0.2, 0.25) is 0 Å². The van der Waals surface area contributed by atoms with Gasteiger partial charge in [0, 0.05) is 43.3 Å². The molecule has 3 aromatic carbocycles. The highest BCUT2D eigenvalue weighted by Gasteiger charge is 2.21. The second-order valence-corrected chi connectivity index (χ2v) is 10.1. The number of aryl methyl sites for hydroxylation is 1. The second kappa shape index (κ2) is 14.5. The van der Waals surface area contributed by atoms with E-state index in [2.05, 4.69) is 10.6 Å². The van der Waals surface area contributed by atoms with Crippen LogP contribution in [-0.4, -0.2) is 41.6 Å². The van der Waals surface area contributed by atoms with E-state index in [9.17, 15) is 19.5 Å². The zero-order chi connectivity index (χ0) is 30.8. The molecule has 43 heavy (non-hydrogen) atoms. The van der Waals surface area contributed by atoms with E-state index >= 15 is 0 Å². The SMILES string of the molecule is COc1cc(N(CCC2=CC=CN(C(CC(=O)O)c3ccccc3)C=C2)C(C)=O)ccc1NC(=O)Nc1ccccc1C. The highest BCUT2D eigenvalue weighted by Crippen LogP contribution is 2.31. The number of amides is 3. The van der Waals surface area contributed by atoms with Gasteiger partial charge >= 0.3 is 12.0 Å². The smallest absolute Gasteiger partial charge is 0.323 e. The number of rotatable bonds is 11. The number of carbonyl (C=O) groups is 3. The number of carboxylic acids is 1. The number of methoxy groups -OCH3 is 1. The van der Waals surface area contributed by atoms with E-state index in [1.807, 2.05) is 97.0 Å². The van der Waals surface area contributed by atoms with Crippen LogP contribution in [0.3, 0.4) is 0 Å². The normalized spacial score (nSPS) is 13.0. The van der Waals surface area contributed by atoms with E-state index in [1.54, 1.807) is 23.1 Å². The quantitative estimate of drug-likeness (QED) is 0.228. The van der Waals surface area contributed by atoms with Crippen LogP contribution in [0.1, 0.15) is 36.9 Å². The number of carboxylic acid groups (broad SMARTS) is 1. The van der Waals surface area contributed by atoms with E-state index in [0.29, 0.717) is 35.8 Å². The molecule has 0 saturated carbocycles. The lowest BCUT2D eigenvalue weighted by molar-refractivity contribution is -0.138. The molecule has 9 nitrogen and oxygen atoms in total. The summed E-state index contributed by atoms with van der Waals surface area (Å²) in [6.07, 6.45) is 10.0. The Kier molecular flexibility index (Phi) is 10.4. The number of para-hydroxylation sites is 1. The Labute approximate surface area is 251 Å². The summed E-state index contributed by atoms with van der Waals surface area (Å²) in [4.78, 5) is 40.5. The van der Waals surface area contributed by atoms with Crippen LogP contribution < -0.4 is 20.3 Å². The summed E-state index contributed by atoms with van der Waals surface area (Å²) in [6.45, 7) is 3.82. The molecule has 0 radical (unpaired) electrons. The lowest BCUT2D eigenvalue weighted by Gasteiger charge is -2.26. The number of allylic oxidation sites excluding steroid dienone is 3. The number of hydrogen-bond donors (Lipinski definition) is 3. The average molecular weight is 581 g/mol. The molecule has 4 rings (SSSR count). The maximum atomic E-state index is 12.7. The summed E-state index contributed by atoms with van der Waals surface area (Å²) in [5.41, 5.74) is 4.63. The Hall–Kier alpha value is -5.31. The van der Waals surface area contributed by atoms with Crippen molar-refractivity contribution in [2.45, 2.75) is 32.7 Å². The molecule has 0 fully saturated rings. The van der Waals surface area contributed by atoms with E-state index < -0.39 is 12.0 Å². The lowest BCUT2D eigenvalue weighted by Crippen LogP contribution is -2.29. The number of carbonyl (C=O) groups excluding carboxylic acids is 2. The van der Waals surface area contributed by atoms with Gasteiger partial charge < -0.3 is 30.3 Å². The summed E-state index contributed by atoms with van der Waals surface area (Å²) in [6, 6.07) is 21.5. The molecule has 1 aliphatic heterocycles. The number of benzene rings is 3. The van der Waals surface area contributed by atoms with Gasteiger partial charge in [-0.25, -0.2) is 4.79 Å². The molecule has 9 heteroatoms. The van der Waals surface area contributed by atoms with Crippen molar-refractivity contribution in [3.8, 4) is 5.75 Å². The van der Waals surface area contributed by atoms with Crippen LogP contribution in [0, 0.1) is 6.92 Å². The predicted molar refractivity (Wildman–Crippen MR) is 169 cm³/mol. The van der Waals surface area contributed by atoms with Crippen molar-refractivity contribution in [3.05, 3.63) is 120 Å². The zero-order valence-corrected chi connectivity index (χ0v) is 24.5. The molecule has 3 N–H and O–H groups in total. The topological polar surface area (TPSA) is 111 Å². The van der Waals surface area contributed by atoms with Crippen molar-refractivity contribution >= 4 is 35.0 Å². The van der Waals surface area contributed by atoms with E-state index in [-0.39, 0.29) is 18.4 Å². The van der Waals surface area contributed by atoms with Gasteiger partial charge in [0.25, 0.3) is 0 Å². The Balaban J connectivity index is 1.43. The average Bonchev–Trinajstić information content (AvgIpc) is 3.23. The monoisotopic (exact) mass is 580 g/mol. The number of anilines is 3. The van der Waals surface area contributed by atoms with Crippen LogP contribution in [0.15, 0.2) is 109 Å². The molecule has 1 unspecified atom stereocenters. The number of ether oxygens (including phenoxy) is 1. The molecule has 1 heterocycles. The molecule has 3 aromatic rings. The largest absolute Gasteiger partial charge is 0.494 e. The minimum Gasteiger partial charge on any atom is -0.494 e. The summed E-state index contributed by atoms with van der Waals surface area (Å²) in [7, 11) is 1.51.